The van der Waals surface area contributed by atoms with Crippen molar-refractivity contribution in [3.05, 3.63) is 0 Å². The van der Waals surface area contributed by atoms with Crippen molar-refractivity contribution in [2.24, 2.45) is 17.3 Å². The molecule has 3 unspecified atom stereocenters. The average molecular weight is 252 g/mol. The normalized spacial score (nSPS) is 49.3. The lowest BCUT2D eigenvalue weighted by Crippen LogP contribution is -2.62. The van der Waals surface area contributed by atoms with E-state index in [0.717, 1.165) is 51.4 Å². The molecule has 0 aromatic carbocycles. The lowest BCUT2D eigenvalue weighted by atomic mass is 9.44. The molecule has 4 aliphatic rings. The topological polar surface area (TPSA) is 40.5 Å². The SMILES string of the molecule is CCCCC(C)(O)C12CC3CC(CC(O)(C3)C1)C2. The van der Waals surface area contributed by atoms with Crippen LogP contribution in [0.5, 0.6) is 0 Å². The van der Waals surface area contributed by atoms with Crippen molar-refractivity contribution in [2.75, 3.05) is 0 Å². The minimum atomic E-state index is -0.575. The summed E-state index contributed by atoms with van der Waals surface area (Å²) in [5.41, 5.74) is -1.00. The fourth-order valence-corrected chi connectivity index (χ4v) is 5.63. The van der Waals surface area contributed by atoms with Crippen LogP contribution in [0.1, 0.15) is 71.6 Å². The van der Waals surface area contributed by atoms with E-state index in [4.69, 9.17) is 0 Å². The van der Waals surface area contributed by atoms with Crippen LogP contribution in [0.15, 0.2) is 0 Å². The highest BCUT2D eigenvalue weighted by molar-refractivity contribution is 5.13. The Kier molecular flexibility index (Phi) is 2.84. The average Bonchev–Trinajstić information content (AvgIpc) is 2.22. The summed E-state index contributed by atoms with van der Waals surface area (Å²) in [7, 11) is 0. The van der Waals surface area contributed by atoms with Gasteiger partial charge < -0.3 is 10.2 Å². The van der Waals surface area contributed by atoms with Crippen LogP contribution in [-0.2, 0) is 0 Å². The molecule has 104 valence electrons. The number of hydrogen-bond acceptors (Lipinski definition) is 2. The van der Waals surface area contributed by atoms with E-state index in [-0.39, 0.29) is 5.41 Å². The molecule has 2 heteroatoms. The number of aliphatic hydroxyl groups is 2. The summed E-state index contributed by atoms with van der Waals surface area (Å²) in [5, 5.41) is 21.8. The number of hydrogen-bond donors (Lipinski definition) is 2. The van der Waals surface area contributed by atoms with E-state index in [1.807, 2.05) is 6.92 Å². The van der Waals surface area contributed by atoms with Crippen LogP contribution in [0.25, 0.3) is 0 Å². The summed E-state index contributed by atoms with van der Waals surface area (Å²) in [5.74, 6) is 1.34. The third-order valence-electron chi connectivity index (χ3n) is 6.19. The van der Waals surface area contributed by atoms with Crippen LogP contribution >= 0.6 is 0 Å². The first-order valence-electron chi connectivity index (χ1n) is 7.83. The summed E-state index contributed by atoms with van der Waals surface area (Å²) in [4.78, 5) is 0. The fraction of sp³-hybridized carbons (Fsp3) is 1.00. The zero-order valence-corrected chi connectivity index (χ0v) is 11.9. The Labute approximate surface area is 111 Å². The Bertz CT molecular complexity index is 320. The van der Waals surface area contributed by atoms with Gasteiger partial charge >= 0.3 is 0 Å². The van der Waals surface area contributed by atoms with Crippen molar-refractivity contribution in [3.8, 4) is 0 Å². The molecule has 18 heavy (non-hydrogen) atoms. The lowest BCUT2D eigenvalue weighted by molar-refractivity contribution is -0.226. The summed E-state index contributed by atoms with van der Waals surface area (Å²) in [6, 6.07) is 0. The molecule has 4 aliphatic carbocycles. The smallest absolute Gasteiger partial charge is 0.0677 e. The molecule has 0 heterocycles. The van der Waals surface area contributed by atoms with Crippen LogP contribution in [0.3, 0.4) is 0 Å². The largest absolute Gasteiger partial charge is 0.390 e. The Balaban J connectivity index is 1.86. The third-order valence-corrected chi connectivity index (χ3v) is 6.19. The molecule has 2 N–H and O–H groups in total. The van der Waals surface area contributed by atoms with Gasteiger partial charge in [-0.25, -0.2) is 0 Å². The molecule has 0 saturated heterocycles. The lowest BCUT2D eigenvalue weighted by Gasteiger charge is -2.64. The molecule has 4 fully saturated rings. The third kappa shape index (κ3) is 1.84. The van der Waals surface area contributed by atoms with E-state index in [0.29, 0.717) is 11.8 Å². The monoisotopic (exact) mass is 252 g/mol. The van der Waals surface area contributed by atoms with E-state index in [9.17, 15) is 10.2 Å². The quantitative estimate of drug-likeness (QED) is 0.806. The summed E-state index contributed by atoms with van der Waals surface area (Å²) in [6.07, 6.45) is 9.60. The van der Waals surface area contributed by atoms with Crippen LogP contribution in [0, 0.1) is 17.3 Å². The second-order valence-electron chi connectivity index (χ2n) is 7.84. The van der Waals surface area contributed by atoms with Gasteiger partial charge in [-0.15, -0.1) is 0 Å². The first kappa shape index (κ1) is 12.9. The van der Waals surface area contributed by atoms with E-state index >= 15 is 0 Å². The maximum Gasteiger partial charge on any atom is 0.0677 e. The Morgan fingerprint density at radius 2 is 1.78 bits per heavy atom. The molecule has 4 rings (SSSR count). The molecule has 4 bridgehead atoms. The zero-order valence-electron chi connectivity index (χ0n) is 11.9. The molecule has 0 aliphatic heterocycles. The van der Waals surface area contributed by atoms with Gasteiger partial charge in [0.15, 0.2) is 0 Å². The van der Waals surface area contributed by atoms with Crippen LogP contribution in [0.4, 0.5) is 0 Å². The Morgan fingerprint density at radius 3 is 2.28 bits per heavy atom. The van der Waals surface area contributed by atoms with Gasteiger partial charge in [0.25, 0.3) is 0 Å². The van der Waals surface area contributed by atoms with Gasteiger partial charge in [0, 0.05) is 5.41 Å². The highest BCUT2D eigenvalue weighted by atomic mass is 16.3. The van der Waals surface area contributed by atoms with Gasteiger partial charge in [-0.1, -0.05) is 19.8 Å². The number of rotatable bonds is 4. The predicted molar refractivity (Wildman–Crippen MR) is 72.2 cm³/mol. The van der Waals surface area contributed by atoms with Gasteiger partial charge in [-0.05, 0) is 63.7 Å². The van der Waals surface area contributed by atoms with Crippen molar-refractivity contribution in [1.29, 1.82) is 0 Å². The highest BCUT2D eigenvalue weighted by Crippen LogP contribution is 2.65. The van der Waals surface area contributed by atoms with E-state index in [1.165, 1.54) is 6.42 Å². The summed E-state index contributed by atoms with van der Waals surface area (Å²) in [6.45, 7) is 4.22. The van der Waals surface area contributed by atoms with E-state index in [1.54, 1.807) is 0 Å². The Morgan fingerprint density at radius 1 is 1.17 bits per heavy atom. The molecule has 0 radical (unpaired) electrons. The van der Waals surface area contributed by atoms with Crippen LogP contribution in [0.2, 0.25) is 0 Å². The van der Waals surface area contributed by atoms with Gasteiger partial charge in [0.2, 0.25) is 0 Å². The van der Waals surface area contributed by atoms with Gasteiger partial charge in [0.1, 0.15) is 0 Å². The van der Waals surface area contributed by atoms with Crippen LogP contribution in [-0.4, -0.2) is 21.4 Å². The summed E-state index contributed by atoms with van der Waals surface area (Å²) < 4.78 is 0. The molecule has 0 spiro atoms. The van der Waals surface area contributed by atoms with Crippen molar-refractivity contribution >= 4 is 0 Å². The second kappa shape index (κ2) is 3.96. The van der Waals surface area contributed by atoms with Crippen molar-refractivity contribution in [3.63, 3.8) is 0 Å². The number of unbranched alkanes of at least 4 members (excludes halogenated alkanes) is 1. The second-order valence-corrected chi connectivity index (χ2v) is 7.84. The first-order valence-corrected chi connectivity index (χ1v) is 7.83. The minimum Gasteiger partial charge on any atom is -0.390 e. The molecule has 0 aromatic heterocycles. The highest BCUT2D eigenvalue weighted by Gasteiger charge is 2.62. The standard InChI is InChI=1S/C16H28O2/c1-3-4-5-14(2,17)15-7-12-6-13(8-15)10-16(18,9-12)11-15/h12-13,17-18H,3-11H2,1-2H3. The maximum atomic E-state index is 11.0. The molecule has 0 amide bonds. The minimum absolute atomic E-state index is 0.0149. The van der Waals surface area contributed by atoms with Crippen molar-refractivity contribution < 1.29 is 10.2 Å². The maximum absolute atomic E-state index is 11.0. The van der Waals surface area contributed by atoms with Gasteiger partial charge in [-0.2, -0.15) is 0 Å². The van der Waals surface area contributed by atoms with Gasteiger partial charge in [-0.3, -0.25) is 0 Å². The Hall–Kier alpha value is -0.0800. The van der Waals surface area contributed by atoms with E-state index in [2.05, 4.69) is 6.92 Å². The van der Waals surface area contributed by atoms with Crippen molar-refractivity contribution in [1.82, 2.24) is 0 Å². The summed E-state index contributed by atoms with van der Waals surface area (Å²) >= 11 is 0. The van der Waals surface area contributed by atoms with Gasteiger partial charge in [0.05, 0.1) is 11.2 Å². The first-order chi connectivity index (χ1) is 8.38. The van der Waals surface area contributed by atoms with E-state index < -0.39 is 11.2 Å². The zero-order chi connectivity index (χ0) is 13.0. The molecular formula is C16H28O2. The molecule has 4 saturated carbocycles. The molecular weight excluding hydrogens is 224 g/mol. The fourth-order valence-electron chi connectivity index (χ4n) is 5.63. The molecule has 2 nitrogen and oxygen atoms in total. The molecule has 3 atom stereocenters. The predicted octanol–water partition coefficient (Wildman–Crippen LogP) is 3.26. The molecule has 0 aromatic rings. The van der Waals surface area contributed by atoms with Crippen molar-refractivity contribution in [2.45, 2.75) is 82.8 Å². The van der Waals surface area contributed by atoms with Crippen LogP contribution < -0.4 is 0 Å².